The predicted molar refractivity (Wildman–Crippen MR) is 95.1 cm³/mol. The first-order valence-electron chi connectivity index (χ1n) is 8.67. The van der Waals surface area contributed by atoms with Gasteiger partial charge in [0.05, 0.1) is 6.04 Å². The fourth-order valence-electron chi connectivity index (χ4n) is 3.87. The van der Waals surface area contributed by atoms with Gasteiger partial charge in [0, 0.05) is 11.8 Å². The molecule has 3 aromatic rings. The lowest BCUT2D eigenvalue weighted by atomic mass is 9.94. The summed E-state index contributed by atoms with van der Waals surface area (Å²) in [5.74, 6) is 0.409. The molecule has 0 bridgehead atoms. The Balaban J connectivity index is 2.16. The first-order chi connectivity index (χ1) is 12.1. The van der Waals surface area contributed by atoms with Gasteiger partial charge in [-0.1, -0.05) is 17.5 Å². The van der Waals surface area contributed by atoms with Crippen molar-refractivity contribution in [3.8, 4) is 6.07 Å². The molecule has 25 heavy (non-hydrogen) atoms. The Morgan fingerprint density at radius 3 is 2.84 bits per heavy atom. The Morgan fingerprint density at radius 2 is 2.12 bits per heavy atom. The largest absolute Gasteiger partial charge is 0.317 e. The van der Waals surface area contributed by atoms with Crippen LogP contribution in [0.2, 0.25) is 0 Å². The first kappa shape index (κ1) is 15.6. The molecule has 2 N–H and O–H groups in total. The summed E-state index contributed by atoms with van der Waals surface area (Å²) in [5, 5.41) is 9.92. The maximum Gasteiger partial charge on any atom is 0.278 e. The van der Waals surface area contributed by atoms with Crippen LogP contribution in [-0.4, -0.2) is 9.38 Å². The number of hydrogen-bond donors (Lipinski definition) is 1. The molecule has 0 spiro atoms. The summed E-state index contributed by atoms with van der Waals surface area (Å²) < 4.78 is 3.47. The molecule has 1 aliphatic rings. The van der Waals surface area contributed by atoms with E-state index < -0.39 is 0 Å². The number of aryl methyl sites for hydroxylation is 1. The number of rotatable bonds is 1. The highest BCUT2D eigenvalue weighted by Gasteiger charge is 2.28. The quantitative estimate of drug-likeness (QED) is 0.547. The minimum absolute atomic E-state index is 0.162. The summed E-state index contributed by atoms with van der Waals surface area (Å²) in [6.07, 6.45) is 7.17. The van der Waals surface area contributed by atoms with Crippen LogP contribution in [0, 0.1) is 18.3 Å². The van der Waals surface area contributed by atoms with Gasteiger partial charge in [0.1, 0.15) is 17.0 Å². The summed E-state index contributed by atoms with van der Waals surface area (Å²) in [7, 11) is 0. The Kier molecular flexibility index (Phi) is 3.65. The average Bonchev–Trinajstić information content (AvgIpc) is 2.63. The lowest BCUT2D eigenvalue weighted by Gasteiger charge is -2.23. The maximum absolute atomic E-state index is 13.0. The number of fused-ring (bicyclic) bond motifs is 2. The SMILES string of the molecule is Cc1cccn2c(=O)c3cc(C#N)c(N)[n+](C4CCCCC4)c3nc12. The van der Waals surface area contributed by atoms with Crippen molar-refractivity contribution >= 4 is 22.5 Å². The Labute approximate surface area is 145 Å². The fourth-order valence-corrected chi connectivity index (χ4v) is 3.87. The van der Waals surface area contributed by atoms with Crippen molar-refractivity contribution in [1.82, 2.24) is 9.38 Å². The molecule has 0 radical (unpaired) electrons. The number of nitrogens with two attached hydrogens (primary N) is 1. The minimum atomic E-state index is -0.162. The normalized spacial score (nSPS) is 15.5. The summed E-state index contributed by atoms with van der Waals surface area (Å²) in [6, 6.07) is 7.66. The highest BCUT2D eigenvalue weighted by molar-refractivity contribution is 5.77. The molecule has 1 aliphatic carbocycles. The third-order valence-electron chi connectivity index (χ3n) is 5.18. The number of hydrogen-bond acceptors (Lipinski definition) is 4. The van der Waals surface area contributed by atoms with Gasteiger partial charge in [-0.3, -0.25) is 9.20 Å². The Morgan fingerprint density at radius 1 is 1.36 bits per heavy atom. The molecule has 3 aromatic heterocycles. The van der Waals surface area contributed by atoms with Crippen LogP contribution in [0.5, 0.6) is 0 Å². The molecule has 1 fully saturated rings. The molecular weight excluding hydrogens is 314 g/mol. The molecule has 0 aliphatic heterocycles. The van der Waals surface area contributed by atoms with Crippen LogP contribution in [0.15, 0.2) is 29.2 Å². The molecular formula is C19H20N5O+. The smallest absolute Gasteiger partial charge is 0.278 e. The Hall–Kier alpha value is -2.94. The lowest BCUT2D eigenvalue weighted by Crippen LogP contribution is -2.46. The second kappa shape index (κ2) is 5.85. The molecule has 0 unspecified atom stereocenters. The third kappa shape index (κ3) is 2.35. The molecule has 126 valence electrons. The van der Waals surface area contributed by atoms with E-state index in [9.17, 15) is 10.1 Å². The number of nitriles is 1. The van der Waals surface area contributed by atoms with Crippen LogP contribution in [0.25, 0.3) is 16.7 Å². The number of anilines is 1. The van der Waals surface area contributed by atoms with Gasteiger partial charge in [-0.2, -0.15) is 5.26 Å². The predicted octanol–water partition coefficient (Wildman–Crippen LogP) is 2.40. The van der Waals surface area contributed by atoms with Crippen LogP contribution in [0.3, 0.4) is 0 Å². The second-order valence-corrected chi connectivity index (χ2v) is 6.76. The number of nitrogen functional groups attached to an aromatic ring is 1. The van der Waals surface area contributed by atoms with E-state index in [0.29, 0.717) is 28.1 Å². The molecule has 0 saturated heterocycles. The van der Waals surface area contributed by atoms with Crippen molar-refractivity contribution in [2.45, 2.75) is 45.1 Å². The zero-order chi connectivity index (χ0) is 17.6. The first-order valence-corrected chi connectivity index (χ1v) is 8.67. The fraction of sp³-hybridized carbons (Fsp3) is 0.368. The standard InChI is InChI=1S/C19H19N5O/c1-12-6-5-9-23-17(12)22-18-15(19(23)25)10-13(11-20)16(21)24(18)14-7-3-2-4-8-14/h5-6,9-10,14,21H,2-4,7-8H2,1H3/p+1. The van der Waals surface area contributed by atoms with E-state index in [1.54, 1.807) is 16.7 Å². The van der Waals surface area contributed by atoms with Crippen molar-refractivity contribution in [1.29, 1.82) is 5.26 Å². The zero-order valence-electron chi connectivity index (χ0n) is 14.2. The molecule has 4 rings (SSSR count). The number of aromatic nitrogens is 3. The van der Waals surface area contributed by atoms with E-state index in [4.69, 9.17) is 10.7 Å². The summed E-state index contributed by atoms with van der Waals surface area (Å²) in [4.78, 5) is 17.8. The van der Waals surface area contributed by atoms with E-state index in [2.05, 4.69) is 6.07 Å². The highest BCUT2D eigenvalue weighted by Crippen LogP contribution is 2.27. The monoisotopic (exact) mass is 334 g/mol. The molecule has 6 heteroatoms. The van der Waals surface area contributed by atoms with Crippen LogP contribution in [-0.2, 0) is 0 Å². The molecule has 0 aromatic carbocycles. The van der Waals surface area contributed by atoms with Crippen LogP contribution in [0.1, 0.15) is 49.3 Å². The number of pyridine rings is 2. The van der Waals surface area contributed by atoms with E-state index in [1.165, 1.54) is 6.42 Å². The van der Waals surface area contributed by atoms with Gasteiger partial charge in [0.2, 0.25) is 11.5 Å². The van der Waals surface area contributed by atoms with Crippen LogP contribution >= 0.6 is 0 Å². The molecule has 0 atom stereocenters. The van der Waals surface area contributed by atoms with Gasteiger partial charge >= 0.3 is 0 Å². The number of nitrogens with zero attached hydrogens (tertiary/aromatic N) is 4. The topological polar surface area (TPSA) is 88.1 Å². The van der Waals surface area contributed by atoms with Gasteiger partial charge in [-0.05, 0) is 44.7 Å². The van der Waals surface area contributed by atoms with E-state index in [0.717, 1.165) is 31.2 Å². The average molecular weight is 334 g/mol. The summed E-state index contributed by atoms with van der Waals surface area (Å²) in [5.41, 5.74) is 8.64. The Bertz CT molecular complexity index is 1090. The van der Waals surface area contributed by atoms with Gasteiger partial charge in [-0.25, -0.2) is 4.57 Å². The lowest BCUT2D eigenvalue weighted by molar-refractivity contribution is -0.689. The minimum Gasteiger partial charge on any atom is -0.317 e. The maximum atomic E-state index is 13.0. The van der Waals surface area contributed by atoms with Crippen molar-refractivity contribution in [2.75, 3.05) is 5.73 Å². The third-order valence-corrected chi connectivity index (χ3v) is 5.18. The van der Waals surface area contributed by atoms with Crippen molar-refractivity contribution in [3.05, 3.63) is 45.9 Å². The van der Waals surface area contributed by atoms with E-state index in [1.807, 2.05) is 23.6 Å². The van der Waals surface area contributed by atoms with Gasteiger partial charge < -0.3 is 5.73 Å². The van der Waals surface area contributed by atoms with E-state index in [-0.39, 0.29) is 11.6 Å². The molecule has 6 nitrogen and oxygen atoms in total. The van der Waals surface area contributed by atoms with Crippen molar-refractivity contribution in [3.63, 3.8) is 0 Å². The highest BCUT2D eigenvalue weighted by atomic mass is 16.1. The molecule has 1 saturated carbocycles. The van der Waals surface area contributed by atoms with Gasteiger partial charge in [0.25, 0.3) is 11.2 Å². The summed E-state index contributed by atoms with van der Waals surface area (Å²) >= 11 is 0. The van der Waals surface area contributed by atoms with Gasteiger partial charge in [-0.15, -0.1) is 0 Å². The summed E-state index contributed by atoms with van der Waals surface area (Å²) in [6.45, 7) is 1.94. The van der Waals surface area contributed by atoms with Crippen molar-refractivity contribution < 1.29 is 4.57 Å². The van der Waals surface area contributed by atoms with Crippen LogP contribution < -0.4 is 15.9 Å². The zero-order valence-corrected chi connectivity index (χ0v) is 14.2. The van der Waals surface area contributed by atoms with Crippen molar-refractivity contribution in [2.24, 2.45) is 0 Å². The van der Waals surface area contributed by atoms with Gasteiger partial charge in [0.15, 0.2) is 0 Å². The second-order valence-electron chi connectivity index (χ2n) is 6.76. The van der Waals surface area contributed by atoms with Crippen LogP contribution in [0.4, 0.5) is 5.82 Å². The molecule has 3 heterocycles. The van der Waals surface area contributed by atoms with E-state index >= 15 is 0 Å². The molecule has 0 amide bonds.